The first-order valence-electron chi connectivity index (χ1n) is 5.60. The molecule has 0 saturated heterocycles. The molecule has 0 bridgehead atoms. The lowest BCUT2D eigenvalue weighted by Gasteiger charge is -2.38. The van der Waals surface area contributed by atoms with Crippen molar-refractivity contribution >= 4 is 5.97 Å². The van der Waals surface area contributed by atoms with Gasteiger partial charge in [-0.15, -0.1) is 0 Å². The predicted octanol–water partition coefficient (Wildman–Crippen LogP) is 2.21. The molecule has 1 saturated carbocycles. The Morgan fingerprint density at radius 1 is 1.29 bits per heavy atom. The molecule has 17 heavy (non-hydrogen) atoms. The summed E-state index contributed by atoms with van der Waals surface area (Å²) in [6.07, 6.45) is 2.29. The van der Waals surface area contributed by atoms with Gasteiger partial charge in [-0.1, -0.05) is 12.5 Å². The van der Waals surface area contributed by atoms with E-state index >= 15 is 0 Å². The van der Waals surface area contributed by atoms with E-state index in [4.69, 9.17) is 9.47 Å². The van der Waals surface area contributed by atoms with E-state index in [0.717, 1.165) is 12.0 Å². The van der Waals surface area contributed by atoms with E-state index in [1.807, 2.05) is 0 Å². The molecule has 4 nitrogen and oxygen atoms in total. The number of ether oxygens (including phenoxy) is 2. The normalized spacial score (nSPS) is 17.1. The highest BCUT2D eigenvalue weighted by molar-refractivity contribution is 5.83. The number of hydrogen-bond acceptors (Lipinski definition) is 3. The first-order chi connectivity index (χ1) is 8.14. The fraction of sp³-hybridized carbons (Fsp3) is 0.462. The molecule has 0 aliphatic heterocycles. The second-order valence-electron chi connectivity index (χ2n) is 4.31. The van der Waals surface area contributed by atoms with Crippen molar-refractivity contribution in [2.24, 2.45) is 0 Å². The van der Waals surface area contributed by atoms with Crippen molar-refractivity contribution in [1.29, 1.82) is 0 Å². The smallest absolute Gasteiger partial charge is 0.314 e. The van der Waals surface area contributed by atoms with Gasteiger partial charge in [0.2, 0.25) is 0 Å². The zero-order valence-electron chi connectivity index (χ0n) is 10.0. The van der Waals surface area contributed by atoms with Crippen LogP contribution in [0, 0.1) is 0 Å². The van der Waals surface area contributed by atoms with Gasteiger partial charge >= 0.3 is 5.97 Å². The van der Waals surface area contributed by atoms with Gasteiger partial charge in [0.05, 0.1) is 19.6 Å². The number of carboxylic acids is 1. The Balaban J connectivity index is 2.47. The molecule has 2 rings (SSSR count). The molecule has 0 heterocycles. The Kier molecular flexibility index (Phi) is 2.96. The largest absolute Gasteiger partial charge is 0.497 e. The molecule has 92 valence electrons. The molecule has 1 aliphatic carbocycles. The molecule has 1 aromatic rings. The Labute approximate surface area is 100 Å². The molecule has 1 N–H and O–H groups in total. The van der Waals surface area contributed by atoms with Crippen molar-refractivity contribution in [3.8, 4) is 11.5 Å². The molecule has 0 radical (unpaired) electrons. The maximum Gasteiger partial charge on any atom is 0.314 e. The van der Waals surface area contributed by atoms with E-state index in [-0.39, 0.29) is 0 Å². The minimum Gasteiger partial charge on any atom is -0.497 e. The van der Waals surface area contributed by atoms with Gasteiger partial charge in [0.25, 0.3) is 0 Å². The lowest BCUT2D eigenvalue weighted by molar-refractivity contribution is -0.147. The summed E-state index contributed by atoms with van der Waals surface area (Å²) in [6, 6.07) is 5.31. The van der Waals surface area contributed by atoms with Crippen molar-refractivity contribution in [3.63, 3.8) is 0 Å². The summed E-state index contributed by atoms with van der Waals surface area (Å²) in [4.78, 5) is 11.4. The summed E-state index contributed by atoms with van der Waals surface area (Å²) in [6.45, 7) is 0. The lowest BCUT2D eigenvalue weighted by atomic mass is 9.64. The summed E-state index contributed by atoms with van der Waals surface area (Å²) < 4.78 is 10.4. The number of carboxylic acid groups (broad SMARTS) is 1. The Morgan fingerprint density at radius 2 is 2.00 bits per heavy atom. The van der Waals surface area contributed by atoms with Crippen molar-refractivity contribution in [1.82, 2.24) is 0 Å². The molecule has 0 atom stereocenters. The number of aliphatic carboxylic acids is 1. The number of benzene rings is 1. The maximum absolute atomic E-state index is 11.4. The topological polar surface area (TPSA) is 55.8 Å². The molecule has 0 spiro atoms. The van der Waals surface area contributed by atoms with E-state index < -0.39 is 11.4 Å². The third-order valence-corrected chi connectivity index (χ3v) is 3.54. The van der Waals surface area contributed by atoms with Crippen LogP contribution in [0.15, 0.2) is 18.2 Å². The van der Waals surface area contributed by atoms with E-state index in [9.17, 15) is 9.90 Å². The van der Waals surface area contributed by atoms with Crippen LogP contribution in [0.25, 0.3) is 0 Å². The van der Waals surface area contributed by atoms with Gasteiger partial charge in [0.15, 0.2) is 0 Å². The minimum atomic E-state index is -0.771. The van der Waals surface area contributed by atoms with Crippen LogP contribution < -0.4 is 9.47 Å². The van der Waals surface area contributed by atoms with Crippen molar-refractivity contribution in [2.75, 3.05) is 14.2 Å². The van der Waals surface area contributed by atoms with Crippen LogP contribution >= 0.6 is 0 Å². The van der Waals surface area contributed by atoms with Crippen LogP contribution in [0.4, 0.5) is 0 Å². The van der Waals surface area contributed by atoms with Crippen molar-refractivity contribution in [3.05, 3.63) is 23.8 Å². The average molecular weight is 236 g/mol. The van der Waals surface area contributed by atoms with Crippen LogP contribution in [0.1, 0.15) is 24.8 Å². The summed E-state index contributed by atoms with van der Waals surface area (Å²) in [7, 11) is 3.12. The zero-order chi connectivity index (χ0) is 12.5. The number of hydrogen-bond donors (Lipinski definition) is 1. The van der Waals surface area contributed by atoms with Gasteiger partial charge in [-0.2, -0.15) is 0 Å². The Morgan fingerprint density at radius 3 is 2.41 bits per heavy atom. The standard InChI is InChI=1S/C13H16O4/c1-16-9-4-5-10(11(8-9)17-2)13(12(14)15)6-3-7-13/h4-5,8H,3,6-7H2,1-2H3,(H,14,15). The van der Waals surface area contributed by atoms with E-state index in [1.165, 1.54) is 0 Å². The first kappa shape index (κ1) is 11.8. The maximum atomic E-state index is 11.4. The van der Waals surface area contributed by atoms with Crippen LogP contribution in [0.3, 0.4) is 0 Å². The van der Waals surface area contributed by atoms with E-state index in [0.29, 0.717) is 24.3 Å². The van der Waals surface area contributed by atoms with E-state index in [2.05, 4.69) is 0 Å². The number of rotatable bonds is 4. The highest BCUT2D eigenvalue weighted by Gasteiger charge is 2.47. The highest BCUT2D eigenvalue weighted by Crippen LogP contribution is 2.48. The highest BCUT2D eigenvalue weighted by atomic mass is 16.5. The van der Waals surface area contributed by atoms with Gasteiger partial charge in [-0.3, -0.25) is 4.79 Å². The van der Waals surface area contributed by atoms with Crippen LogP contribution in [0.5, 0.6) is 11.5 Å². The summed E-state index contributed by atoms with van der Waals surface area (Å²) >= 11 is 0. The third kappa shape index (κ3) is 1.73. The molecular weight excluding hydrogens is 220 g/mol. The van der Waals surface area contributed by atoms with Gasteiger partial charge in [0, 0.05) is 11.6 Å². The fourth-order valence-electron chi connectivity index (χ4n) is 2.32. The molecule has 4 heteroatoms. The second kappa shape index (κ2) is 4.28. The number of carbonyl (C=O) groups is 1. The minimum absolute atomic E-state index is 0.589. The average Bonchev–Trinajstić information content (AvgIpc) is 2.27. The molecule has 1 fully saturated rings. The molecular formula is C13H16O4. The van der Waals surface area contributed by atoms with Crippen LogP contribution in [-0.2, 0) is 10.2 Å². The molecule has 0 amide bonds. The monoisotopic (exact) mass is 236 g/mol. The van der Waals surface area contributed by atoms with Gasteiger partial charge in [-0.25, -0.2) is 0 Å². The Hall–Kier alpha value is -1.71. The number of methoxy groups -OCH3 is 2. The molecule has 1 aromatic carbocycles. The predicted molar refractivity (Wildman–Crippen MR) is 62.7 cm³/mol. The fourth-order valence-corrected chi connectivity index (χ4v) is 2.32. The molecule has 0 unspecified atom stereocenters. The van der Waals surface area contributed by atoms with E-state index in [1.54, 1.807) is 32.4 Å². The summed E-state index contributed by atoms with van der Waals surface area (Å²) in [5, 5.41) is 9.40. The summed E-state index contributed by atoms with van der Waals surface area (Å²) in [5.74, 6) is 0.490. The SMILES string of the molecule is COc1ccc(C2(C(=O)O)CCC2)c(OC)c1. The first-order valence-corrected chi connectivity index (χ1v) is 5.60. The van der Waals surface area contributed by atoms with Gasteiger partial charge in [-0.05, 0) is 18.9 Å². The Bertz CT molecular complexity index is 435. The van der Waals surface area contributed by atoms with Crippen molar-refractivity contribution < 1.29 is 19.4 Å². The van der Waals surface area contributed by atoms with Crippen LogP contribution in [0.2, 0.25) is 0 Å². The molecule has 0 aromatic heterocycles. The van der Waals surface area contributed by atoms with Gasteiger partial charge < -0.3 is 14.6 Å². The summed E-state index contributed by atoms with van der Waals surface area (Å²) in [5.41, 5.74) is -0.0167. The van der Waals surface area contributed by atoms with Gasteiger partial charge in [0.1, 0.15) is 11.5 Å². The zero-order valence-corrected chi connectivity index (χ0v) is 10.0. The quantitative estimate of drug-likeness (QED) is 0.870. The molecule has 1 aliphatic rings. The second-order valence-corrected chi connectivity index (χ2v) is 4.31. The van der Waals surface area contributed by atoms with Crippen molar-refractivity contribution in [2.45, 2.75) is 24.7 Å². The third-order valence-electron chi connectivity index (χ3n) is 3.54. The van der Waals surface area contributed by atoms with Crippen LogP contribution in [-0.4, -0.2) is 25.3 Å². The lowest BCUT2D eigenvalue weighted by Crippen LogP contribution is -2.42.